The number of halogens is 4. The smallest absolute Gasteiger partial charge is 0.243 e. The maximum Gasteiger partial charge on any atom is 0.243 e. The molecule has 8 N–H and O–H groups in total. The summed E-state index contributed by atoms with van der Waals surface area (Å²) >= 11 is 0. The van der Waals surface area contributed by atoms with E-state index in [9.17, 15) is 19.2 Å². The molecule has 0 aliphatic carbocycles. The quantitative estimate of drug-likeness (QED) is 0.0494. The highest BCUT2D eigenvalue weighted by Gasteiger charge is 2.25. The lowest BCUT2D eigenvalue weighted by atomic mass is 10.00. The molecule has 0 aliphatic heterocycles. The van der Waals surface area contributed by atoms with Gasteiger partial charge in [0.25, 0.3) is 0 Å². The van der Waals surface area contributed by atoms with Crippen LogP contribution in [-0.4, -0.2) is 188 Å². The lowest BCUT2D eigenvalue weighted by Crippen LogP contribution is -3.00. The predicted molar refractivity (Wildman–Crippen MR) is 258 cm³/mol. The second-order valence-corrected chi connectivity index (χ2v) is 21.9. The molecule has 14 nitrogen and oxygen atoms in total. The molecule has 0 atom stereocenters. The molecule has 64 heavy (non-hydrogen) atoms. The SMILES string of the molecule is C=CC(=O)NC(C)(C)CC[N+](C)(C)C.C=CC(=O)NC(C)(C)CC[N+](C)(C)C.C=CC(=O)NC(C)(C)CC[N+](C)(C)C.C=CC(=O)NC(C)(C)CC[N+](C)(C)C.NCCN.[Cl-].[Cl-].[Cl-].[Cl-]. The first-order valence-corrected chi connectivity index (χ1v) is 21.0. The molecule has 0 aromatic rings. The van der Waals surface area contributed by atoms with Gasteiger partial charge in [-0.1, -0.05) is 26.3 Å². The molecule has 0 saturated heterocycles. The van der Waals surface area contributed by atoms with Crippen LogP contribution in [-0.2, 0) is 19.2 Å². The highest BCUT2D eigenvalue weighted by molar-refractivity contribution is 5.88. The number of hydrogen-bond acceptors (Lipinski definition) is 6. The van der Waals surface area contributed by atoms with Gasteiger partial charge in [-0.25, -0.2) is 0 Å². The highest BCUT2D eigenvalue weighted by atomic mass is 35.5. The van der Waals surface area contributed by atoms with Crippen molar-refractivity contribution in [3.05, 3.63) is 50.6 Å². The predicted octanol–water partition coefficient (Wildman–Crippen LogP) is -8.43. The minimum Gasteiger partial charge on any atom is -1.00 e. The number of amides is 4. The van der Waals surface area contributed by atoms with E-state index < -0.39 is 0 Å². The summed E-state index contributed by atoms with van der Waals surface area (Å²) in [5.41, 5.74) is 9.18. The van der Waals surface area contributed by atoms with Gasteiger partial charge in [0.1, 0.15) is 0 Å². The maximum atomic E-state index is 11.1. The standard InChI is InChI=1S/4C11H22N2O.C2H8N2.4ClH/c4*1-7-10(14)12-11(2,3)8-9-13(4,5)6;3-1-2-4;;;;/h4*7H,1,8-9H2,2-6H3;1-4H2;4*1H. The number of nitrogens with one attached hydrogen (secondary N) is 4. The van der Waals surface area contributed by atoms with Gasteiger partial charge < -0.3 is 100 Å². The Morgan fingerprint density at radius 3 is 0.578 bits per heavy atom. The molecule has 4 amide bonds. The second-order valence-electron chi connectivity index (χ2n) is 21.9. The van der Waals surface area contributed by atoms with E-state index in [1.54, 1.807) is 0 Å². The van der Waals surface area contributed by atoms with Gasteiger partial charge in [0, 0.05) is 60.9 Å². The zero-order valence-electron chi connectivity index (χ0n) is 44.3. The van der Waals surface area contributed by atoms with Crippen molar-refractivity contribution in [2.45, 2.75) is 103 Å². The van der Waals surface area contributed by atoms with Crippen molar-refractivity contribution in [2.75, 3.05) is 124 Å². The van der Waals surface area contributed by atoms with Crippen LogP contribution < -0.4 is 82.4 Å². The molecule has 0 fully saturated rings. The van der Waals surface area contributed by atoms with E-state index in [2.05, 4.69) is 132 Å². The van der Waals surface area contributed by atoms with Crippen molar-refractivity contribution in [1.29, 1.82) is 0 Å². The van der Waals surface area contributed by atoms with Gasteiger partial charge in [0.15, 0.2) is 0 Å². The summed E-state index contributed by atoms with van der Waals surface area (Å²) in [6.07, 6.45) is 9.07. The summed E-state index contributed by atoms with van der Waals surface area (Å²) in [6, 6.07) is 0. The minimum absolute atomic E-state index is 0. The van der Waals surface area contributed by atoms with Crippen LogP contribution in [0.1, 0.15) is 81.1 Å². The van der Waals surface area contributed by atoms with E-state index >= 15 is 0 Å². The van der Waals surface area contributed by atoms with Gasteiger partial charge in [0.05, 0.1) is 111 Å². The van der Waals surface area contributed by atoms with Crippen molar-refractivity contribution in [3.8, 4) is 0 Å². The average molecular weight is 999 g/mol. The molecule has 0 aromatic carbocycles. The summed E-state index contributed by atoms with van der Waals surface area (Å²) in [5.74, 6) is -0.402. The highest BCUT2D eigenvalue weighted by Crippen LogP contribution is 2.13. The van der Waals surface area contributed by atoms with Gasteiger partial charge in [-0.3, -0.25) is 19.2 Å². The first-order valence-electron chi connectivity index (χ1n) is 21.0. The third kappa shape index (κ3) is 68.8. The zero-order valence-corrected chi connectivity index (χ0v) is 47.3. The molecule has 0 radical (unpaired) electrons. The van der Waals surface area contributed by atoms with Crippen molar-refractivity contribution < 1.29 is 86.7 Å². The van der Waals surface area contributed by atoms with Crippen LogP contribution in [0.15, 0.2) is 50.6 Å². The molecule has 0 spiro atoms. The fourth-order valence-electron chi connectivity index (χ4n) is 4.25. The van der Waals surface area contributed by atoms with Gasteiger partial charge >= 0.3 is 0 Å². The van der Waals surface area contributed by atoms with Gasteiger partial charge in [-0.15, -0.1) is 0 Å². The average Bonchev–Trinajstić information content (AvgIpc) is 3.07. The third-order valence-corrected chi connectivity index (χ3v) is 8.39. The number of rotatable bonds is 21. The molecule has 0 heterocycles. The van der Waals surface area contributed by atoms with E-state index in [0.717, 1.165) is 69.8 Å². The maximum absolute atomic E-state index is 11.1. The largest absolute Gasteiger partial charge is 1.00 e. The zero-order chi connectivity index (χ0) is 49.0. The summed E-state index contributed by atoms with van der Waals surface area (Å²) in [6.45, 7) is 35.3. The molecular formula is C46H100Cl4N10O4. The molecule has 386 valence electrons. The Bertz CT molecular complexity index is 1110. The van der Waals surface area contributed by atoms with Crippen LogP contribution in [0, 0.1) is 0 Å². The Balaban J connectivity index is -0.0000000856. The van der Waals surface area contributed by atoms with Crippen LogP contribution in [0.4, 0.5) is 0 Å². The molecule has 0 bridgehead atoms. The summed E-state index contributed by atoms with van der Waals surface area (Å²) in [7, 11) is 25.7. The monoisotopic (exact) mass is 997 g/mol. The fraction of sp³-hybridized carbons (Fsp3) is 0.739. The number of nitrogens with zero attached hydrogens (tertiary/aromatic N) is 4. The number of carbonyl (C=O) groups excluding carboxylic acids is 4. The Kier molecular flexibility index (Phi) is 48.4. The van der Waals surface area contributed by atoms with Crippen molar-refractivity contribution in [2.24, 2.45) is 11.5 Å². The van der Waals surface area contributed by atoms with Gasteiger partial charge in [0.2, 0.25) is 23.6 Å². The van der Waals surface area contributed by atoms with Crippen LogP contribution >= 0.6 is 0 Å². The van der Waals surface area contributed by atoms with E-state index in [4.69, 9.17) is 11.5 Å². The van der Waals surface area contributed by atoms with Crippen molar-refractivity contribution in [1.82, 2.24) is 21.3 Å². The molecule has 0 saturated carbocycles. The Hall–Kier alpha value is -2.24. The summed E-state index contributed by atoms with van der Waals surface area (Å²) in [4.78, 5) is 44.5. The Morgan fingerprint density at radius 1 is 0.375 bits per heavy atom. The first-order chi connectivity index (χ1) is 26.6. The number of nitrogens with two attached hydrogens (primary N) is 2. The van der Waals surface area contributed by atoms with Crippen LogP contribution in [0.3, 0.4) is 0 Å². The Labute approximate surface area is 418 Å². The molecule has 0 aromatic heterocycles. The summed E-state index contributed by atoms with van der Waals surface area (Å²) in [5, 5.41) is 11.6. The van der Waals surface area contributed by atoms with Gasteiger partial charge in [-0.05, 0) is 79.7 Å². The normalized spacial score (nSPS) is 11.3. The number of hydrogen-bond donors (Lipinski definition) is 6. The first kappa shape index (κ1) is 81.9. The van der Waals surface area contributed by atoms with Crippen LogP contribution in [0.25, 0.3) is 0 Å². The van der Waals surface area contributed by atoms with E-state index in [0.29, 0.717) is 13.1 Å². The molecule has 0 unspecified atom stereocenters. The molecule has 18 heteroatoms. The summed E-state index contributed by atoms with van der Waals surface area (Å²) < 4.78 is 3.64. The van der Waals surface area contributed by atoms with Crippen LogP contribution in [0.5, 0.6) is 0 Å². The fourth-order valence-corrected chi connectivity index (χ4v) is 4.25. The van der Waals surface area contributed by atoms with Crippen molar-refractivity contribution in [3.63, 3.8) is 0 Å². The minimum atomic E-state index is -0.156. The van der Waals surface area contributed by atoms with E-state index in [1.807, 2.05) is 55.4 Å². The lowest BCUT2D eigenvalue weighted by Gasteiger charge is -2.31. The lowest BCUT2D eigenvalue weighted by molar-refractivity contribution is -0.870. The third-order valence-electron chi connectivity index (χ3n) is 8.39. The van der Waals surface area contributed by atoms with Crippen molar-refractivity contribution >= 4 is 23.6 Å². The Morgan fingerprint density at radius 2 is 0.500 bits per heavy atom. The molecule has 0 aliphatic rings. The van der Waals surface area contributed by atoms with Gasteiger partial charge in [-0.2, -0.15) is 0 Å². The van der Waals surface area contributed by atoms with E-state index in [-0.39, 0.29) is 95.4 Å². The second kappa shape index (κ2) is 37.8. The topological polar surface area (TPSA) is 168 Å². The number of quaternary nitrogens is 4. The van der Waals surface area contributed by atoms with Crippen LogP contribution in [0.2, 0.25) is 0 Å². The number of carbonyl (C=O) groups is 4. The molecular weight excluding hydrogens is 898 g/mol. The van der Waals surface area contributed by atoms with E-state index in [1.165, 1.54) is 24.3 Å². The molecule has 0 rings (SSSR count).